The number of fused-ring (bicyclic) bond motifs is 1. The van der Waals surface area contributed by atoms with Crippen LogP contribution in [0.3, 0.4) is 0 Å². The lowest BCUT2D eigenvalue weighted by molar-refractivity contribution is -0.351. The number of hydrogen-bond acceptors (Lipinski definition) is 6. The molecular weight excluding hydrogens is 316 g/mol. The highest BCUT2D eigenvalue weighted by Crippen LogP contribution is 2.57. The largest absolute Gasteiger partial charge is 0.478 e. The van der Waals surface area contributed by atoms with E-state index in [1.807, 2.05) is 0 Å². The summed E-state index contributed by atoms with van der Waals surface area (Å²) in [6.45, 7) is 8.25. The number of carbonyl (C=O) groups excluding carboxylic acids is 2. The third kappa shape index (κ3) is 2.67. The first-order valence-corrected chi connectivity index (χ1v) is 7.78. The molecule has 0 bridgehead atoms. The number of rotatable bonds is 4. The summed E-state index contributed by atoms with van der Waals surface area (Å²) in [5.41, 5.74) is -2.00. The minimum atomic E-state index is -1.22. The van der Waals surface area contributed by atoms with E-state index in [9.17, 15) is 24.7 Å². The monoisotopic (exact) mass is 338 g/mol. The van der Waals surface area contributed by atoms with Crippen LogP contribution in [0.25, 0.3) is 0 Å². The van der Waals surface area contributed by atoms with E-state index in [0.29, 0.717) is 12.8 Å². The molecule has 2 aliphatic carbocycles. The summed E-state index contributed by atoms with van der Waals surface area (Å²) in [6.07, 6.45) is 2.37. The Kier molecular flexibility index (Phi) is 4.70. The second kappa shape index (κ2) is 6.14. The summed E-state index contributed by atoms with van der Waals surface area (Å²) in [4.78, 5) is 39.8. The first-order chi connectivity index (χ1) is 11.1. The maximum absolute atomic E-state index is 12.6. The lowest BCUT2D eigenvalue weighted by Crippen LogP contribution is -2.59. The number of carboxylic acid groups (broad SMARTS) is 1. The molecule has 0 saturated heterocycles. The molecular formula is C17H22O7. The predicted octanol–water partition coefficient (Wildman–Crippen LogP) is 2.33. The quantitative estimate of drug-likeness (QED) is 0.350. The van der Waals surface area contributed by atoms with Crippen molar-refractivity contribution in [2.24, 2.45) is 17.3 Å². The molecule has 4 atom stereocenters. The van der Waals surface area contributed by atoms with E-state index in [1.54, 1.807) is 13.8 Å². The Labute approximate surface area is 139 Å². The van der Waals surface area contributed by atoms with Gasteiger partial charge in [-0.25, -0.2) is 9.68 Å². The Morgan fingerprint density at radius 1 is 1.42 bits per heavy atom. The van der Waals surface area contributed by atoms with Gasteiger partial charge in [-0.2, -0.15) is 0 Å². The highest BCUT2D eigenvalue weighted by atomic mass is 17.1. The molecule has 7 heteroatoms. The standard InChI is InChI=1S/C17H22O7/c1-9(15(20)21)12-5-6-17(24-22)8-13(23-11(3)18)14(19)10(2)16(17,4)7-12/h8,10,12,22H,1,5-7H2,2-4H3,(H,20,21)/t10-,12+,16+,17+/m0/s1. The molecule has 0 aliphatic heterocycles. The Bertz CT molecular complexity index is 635. The fraction of sp³-hybridized carbons (Fsp3) is 0.588. The molecule has 0 spiro atoms. The van der Waals surface area contributed by atoms with Gasteiger partial charge in [-0.15, -0.1) is 0 Å². The van der Waals surface area contributed by atoms with Crippen LogP contribution < -0.4 is 0 Å². The SMILES string of the molecule is C=C(C(=O)O)[C@@H]1CC[C@@]2(OO)C=C(OC(C)=O)C(=O)[C@H](C)[C@@]2(C)C1. The van der Waals surface area contributed by atoms with E-state index < -0.39 is 28.9 Å². The summed E-state index contributed by atoms with van der Waals surface area (Å²) in [5, 5.41) is 18.8. The molecule has 2 N–H and O–H groups in total. The van der Waals surface area contributed by atoms with E-state index >= 15 is 0 Å². The smallest absolute Gasteiger partial charge is 0.331 e. The van der Waals surface area contributed by atoms with Gasteiger partial charge in [0.15, 0.2) is 5.76 Å². The number of ketones is 1. The van der Waals surface area contributed by atoms with Gasteiger partial charge in [0.2, 0.25) is 5.78 Å². The minimum absolute atomic E-state index is 0.0807. The lowest BCUT2D eigenvalue weighted by atomic mass is 9.52. The van der Waals surface area contributed by atoms with E-state index in [4.69, 9.17) is 9.62 Å². The van der Waals surface area contributed by atoms with Gasteiger partial charge < -0.3 is 9.84 Å². The molecule has 0 aromatic heterocycles. The molecule has 1 saturated carbocycles. The Hall–Kier alpha value is -1.99. The van der Waals surface area contributed by atoms with Gasteiger partial charge in [-0.05, 0) is 31.3 Å². The van der Waals surface area contributed by atoms with Crippen LogP contribution in [-0.4, -0.2) is 33.7 Å². The van der Waals surface area contributed by atoms with Crippen LogP contribution >= 0.6 is 0 Å². The van der Waals surface area contributed by atoms with Crippen LogP contribution in [0.5, 0.6) is 0 Å². The molecule has 7 nitrogen and oxygen atoms in total. The van der Waals surface area contributed by atoms with Gasteiger partial charge in [0.25, 0.3) is 0 Å². The van der Waals surface area contributed by atoms with Gasteiger partial charge in [-0.3, -0.25) is 14.8 Å². The molecule has 0 unspecified atom stereocenters. The molecule has 132 valence electrons. The second-order valence-corrected chi connectivity index (χ2v) is 6.86. The number of aliphatic carboxylic acids is 1. The number of carboxylic acids is 1. The van der Waals surface area contributed by atoms with Crippen molar-refractivity contribution in [2.75, 3.05) is 0 Å². The molecule has 0 heterocycles. The Morgan fingerprint density at radius 2 is 2.04 bits per heavy atom. The van der Waals surface area contributed by atoms with E-state index in [-0.39, 0.29) is 29.5 Å². The molecule has 0 aromatic carbocycles. The highest BCUT2D eigenvalue weighted by molar-refractivity contribution is 5.99. The zero-order valence-corrected chi connectivity index (χ0v) is 14.0. The van der Waals surface area contributed by atoms with Crippen molar-refractivity contribution in [2.45, 2.75) is 45.6 Å². The number of hydrogen-bond donors (Lipinski definition) is 2. The Balaban J connectivity index is 2.47. The second-order valence-electron chi connectivity index (χ2n) is 6.86. The zero-order chi connectivity index (χ0) is 18.3. The first kappa shape index (κ1) is 18.4. The summed E-state index contributed by atoms with van der Waals surface area (Å²) in [6, 6.07) is 0. The topological polar surface area (TPSA) is 110 Å². The number of carbonyl (C=O) groups is 3. The van der Waals surface area contributed by atoms with Gasteiger partial charge in [-0.1, -0.05) is 20.4 Å². The van der Waals surface area contributed by atoms with Crippen LogP contribution in [-0.2, 0) is 24.0 Å². The third-order valence-electron chi connectivity index (χ3n) is 5.64. The van der Waals surface area contributed by atoms with E-state index in [0.717, 1.165) is 0 Å². The summed E-state index contributed by atoms with van der Waals surface area (Å²) >= 11 is 0. The zero-order valence-electron chi connectivity index (χ0n) is 14.0. The van der Waals surface area contributed by atoms with Crippen LogP contribution in [0.2, 0.25) is 0 Å². The third-order valence-corrected chi connectivity index (χ3v) is 5.64. The predicted molar refractivity (Wildman–Crippen MR) is 82.7 cm³/mol. The average Bonchev–Trinajstić information content (AvgIpc) is 2.52. The van der Waals surface area contributed by atoms with Crippen LogP contribution in [0, 0.1) is 17.3 Å². The number of esters is 1. The first-order valence-electron chi connectivity index (χ1n) is 7.78. The van der Waals surface area contributed by atoms with Gasteiger partial charge in [0.05, 0.1) is 0 Å². The molecule has 0 amide bonds. The van der Waals surface area contributed by atoms with Crippen molar-refractivity contribution in [1.29, 1.82) is 0 Å². The Morgan fingerprint density at radius 3 is 2.54 bits per heavy atom. The maximum Gasteiger partial charge on any atom is 0.331 e. The summed E-state index contributed by atoms with van der Waals surface area (Å²) < 4.78 is 4.98. The molecule has 1 fully saturated rings. The van der Waals surface area contributed by atoms with Crippen molar-refractivity contribution >= 4 is 17.7 Å². The number of Topliss-reactive ketones (excluding diaryl/α,β-unsaturated/α-hetero) is 1. The number of allylic oxidation sites excluding steroid dienone is 1. The lowest BCUT2D eigenvalue weighted by Gasteiger charge is -2.54. The molecule has 2 aliphatic rings. The van der Waals surface area contributed by atoms with Crippen molar-refractivity contribution in [3.63, 3.8) is 0 Å². The fourth-order valence-corrected chi connectivity index (χ4v) is 3.91. The number of ether oxygens (including phenoxy) is 1. The summed E-state index contributed by atoms with van der Waals surface area (Å²) in [5.74, 6) is -3.18. The van der Waals surface area contributed by atoms with Crippen molar-refractivity contribution in [3.8, 4) is 0 Å². The molecule has 2 rings (SSSR count). The van der Waals surface area contributed by atoms with Crippen LogP contribution in [0.1, 0.15) is 40.0 Å². The van der Waals surface area contributed by atoms with Gasteiger partial charge in [0.1, 0.15) is 5.60 Å². The fourth-order valence-electron chi connectivity index (χ4n) is 3.91. The highest BCUT2D eigenvalue weighted by Gasteiger charge is 2.61. The van der Waals surface area contributed by atoms with Crippen molar-refractivity contribution in [3.05, 3.63) is 24.0 Å². The van der Waals surface area contributed by atoms with Crippen LogP contribution in [0.4, 0.5) is 0 Å². The molecule has 0 radical (unpaired) electrons. The van der Waals surface area contributed by atoms with Crippen molar-refractivity contribution < 1.29 is 34.4 Å². The molecule has 24 heavy (non-hydrogen) atoms. The van der Waals surface area contributed by atoms with Crippen molar-refractivity contribution in [1.82, 2.24) is 0 Å². The van der Waals surface area contributed by atoms with E-state index in [2.05, 4.69) is 6.58 Å². The van der Waals surface area contributed by atoms with E-state index in [1.165, 1.54) is 13.0 Å². The normalized spacial score (nSPS) is 35.7. The van der Waals surface area contributed by atoms with Gasteiger partial charge >= 0.3 is 11.9 Å². The average molecular weight is 338 g/mol. The molecule has 0 aromatic rings. The van der Waals surface area contributed by atoms with Crippen LogP contribution in [0.15, 0.2) is 24.0 Å². The maximum atomic E-state index is 12.6. The minimum Gasteiger partial charge on any atom is -0.478 e. The summed E-state index contributed by atoms with van der Waals surface area (Å²) in [7, 11) is 0. The van der Waals surface area contributed by atoms with Gasteiger partial charge in [0, 0.05) is 23.8 Å².